The number of aryl methyl sites for hydroxylation is 1. The van der Waals surface area contributed by atoms with Crippen molar-refractivity contribution in [3.63, 3.8) is 0 Å². The fraction of sp³-hybridized carbons (Fsp3) is 0.188. The minimum absolute atomic E-state index is 0.0505. The third kappa shape index (κ3) is 2.51. The number of anilines is 1. The van der Waals surface area contributed by atoms with Crippen LogP contribution in [0.25, 0.3) is 10.2 Å². The lowest BCUT2D eigenvalue weighted by molar-refractivity contribution is 0.618. The highest BCUT2D eigenvalue weighted by molar-refractivity contribution is 7.18. The van der Waals surface area contributed by atoms with Crippen LogP contribution in [-0.4, -0.2) is 4.98 Å². The molecule has 4 heteroatoms. The van der Waals surface area contributed by atoms with Gasteiger partial charge < -0.3 is 5.32 Å². The molecule has 0 saturated heterocycles. The molecule has 2 aromatic carbocycles. The quantitative estimate of drug-likeness (QED) is 0.739. The van der Waals surface area contributed by atoms with Crippen LogP contribution in [0.4, 0.5) is 10.1 Å². The van der Waals surface area contributed by atoms with Gasteiger partial charge in [0.1, 0.15) is 10.8 Å². The van der Waals surface area contributed by atoms with Gasteiger partial charge >= 0.3 is 0 Å². The van der Waals surface area contributed by atoms with Gasteiger partial charge in [-0.1, -0.05) is 18.2 Å². The van der Waals surface area contributed by atoms with E-state index in [2.05, 4.69) is 16.4 Å². The summed E-state index contributed by atoms with van der Waals surface area (Å²) in [6.07, 6.45) is 0. The fourth-order valence-electron chi connectivity index (χ4n) is 2.07. The van der Waals surface area contributed by atoms with Crippen LogP contribution in [0.5, 0.6) is 0 Å². The molecule has 0 aliphatic heterocycles. The SMILES string of the molecule is Cc1ccc(NC(C)c2nc3ccccc3s2)cc1F. The van der Waals surface area contributed by atoms with E-state index in [1.807, 2.05) is 31.2 Å². The van der Waals surface area contributed by atoms with Gasteiger partial charge in [0.15, 0.2) is 0 Å². The Kier molecular flexibility index (Phi) is 3.40. The number of nitrogens with zero attached hydrogens (tertiary/aromatic N) is 1. The molecule has 1 unspecified atom stereocenters. The molecule has 0 spiro atoms. The molecule has 2 nitrogen and oxygen atoms in total. The predicted octanol–water partition coefficient (Wildman–Crippen LogP) is 4.92. The number of nitrogens with one attached hydrogen (secondary N) is 1. The van der Waals surface area contributed by atoms with Crippen LogP contribution in [0.2, 0.25) is 0 Å². The molecule has 3 rings (SSSR count). The number of fused-ring (bicyclic) bond motifs is 1. The lowest BCUT2D eigenvalue weighted by Crippen LogP contribution is -2.06. The summed E-state index contributed by atoms with van der Waals surface area (Å²) in [5, 5.41) is 4.30. The molecule has 1 N–H and O–H groups in total. The zero-order valence-electron chi connectivity index (χ0n) is 11.4. The Morgan fingerprint density at radius 2 is 2.00 bits per heavy atom. The Morgan fingerprint density at radius 1 is 1.20 bits per heavy atom. The van der Waals surface area contributed by atoms with Gasteiger partial charge in [-0.3, -0.25) is 0 Å². The molecule has 1 atom stereocenters. The maximum atomic E-state index is 13.5. The van der Waals surface area contributed by atoms with Crippen LogP contribution >= 0.6 is 11.3 Å². The number of hydrogen-bond acceptors (Lipinski definition) is 3. The van der Waals surface area contributed by atoms with Gasteiger partial charge in [0, 0.05) is 5.69 Å². The molecule has 0 aliphatic carbocycles. The van der Waals surface area contributed by atoms with Crippen molar-refractivity contribution >= 4 is 27.2 Å². The summed E-state index contributed by atoms with van der Waals surface area (Å²) in [6.45, 7) is 3.80. The molecular formula is C16H15FN2S. The van der Waals surface area contributed by atoms with E-state index in [0.29, 0.717) is 5.56 Å². The highest BCUT2D eigenvalue weighted by Gasteiger charge is 2.11. The first-order chi connectivity index (χ1) is 9.63. The topological polar surface area (TPSA) is 24.9 Å². The van der Waals surface area contributed by atoms with Crippen molar-refractivity contribution in [2.75, 3.05) is 5.32 Å². The summed E-state index contributed by atoms with van der Waals surface area (Å²) >= 11 is 1.66. The summed E-state index contributed by atoms with van der Waals surface area (Å²) < 4.78 is 14.7. The lowest BCUT2D eigenvalue weighted by atomic mass is 10.2. The van der Waals surface area contributed by atoms with Crippen LogP contribution in [-0.2, 0) is 0 Å². The van der Waals surface area contributed by atoms with E-state index in [1.165, 1.54) is 10.8 Å². The Morgan fingerprint density at radius 3 is 2.75 bits per heavy atom. The van der Waals surface area contributed by atoms with Gasteiger partial charge in [0.2, 0.25) is 0 Å². The molecule has 1 heterocycles. The second-order valence-corrected chi connectivity index (χ2v) is 5.91. The van der Waals surface area contributed by atoms with Gasteiger partial charge in [-0.15, -0.1) is 11.3 Å². The monoisotopic (exact) mass is 286 g/mol. The molecule has 20 heavy (non-hydrogen) atoms. The van der Waals surface area contributed by atoms with E-state index in [9.17, 15) is 4.39 Å². The molecule has 0 fully saturated rings. The number of aromatic nitrogens is 1. The van der Waals surface area contributed by atoms with Crippen LogP contribution in [0, 0.1) is 12.7 Å². The third-order valence-electron chi connectivity index (χ3n) is 3.24. The van der Waals surface area contributed by atoms with Crippen molar-refractivity contribution in [1.82, 2.24) is 4.98 Å². The first kappa shape index (κ1) is 13.1. The largest absolute Gasteiger partial charge is 0.376 e. The molecule has 0 amide bonds. The number of hydrogen-bond donors (Lipinski definition) is 1. The Bertz CT molecular complexity index is 718. The maximum Gasteiger partial charge on any atom is 0.128 e. The molecule has 1 aromatic heterocycles. The number of thiazole rings is 1. The second-order valence-electron chi connectivity index (χ2n) is 4.85. The van der Waals surface area contributed by atoms with Crippen molar-refractivity contribution in [3.05, 3.63) is 58.9 Å². The van der Waals surface area contributed by atoms with Crippen molar-refractivity contribution in [2.45, 2.75) is 19.9 Å². The van der Waals surface area contributed by atoms with E-state index in [1.54, 1.807) is 24.3 Å². The van der Waals surface area contributed by atoms with Gasteiger partial charge in [-0.2, -0.15) is 0 Å². The zero-order valence-corrected chi connectivity index (χ0v) is 12.2. The van der Waals surface area contributed by atoms with Gasteiger partial charge in [-0.05, 0) is 43.7 Å². The second kappa shape index (κ2) is 5.21. The minimum atomic E-state index is -0.188. The summed E-state index contributed by atoms with van der Waals surface area (Å²) in [4.78, 5) is 4.61. The highest BCUT2D eigenvalue weighted by atomic mass is 32.1. The number of rotatable bonds is 3. The van der Waals surface area contributed by atoms with E-state index in [4.69, 9.17) is 0 Å². The number of halogens is 1. The highest BCUT2D eigenvalue weighted by Crippen LogP contribution is 2.28. The van der Waals surface area contributed by atoms with Gasteiger partial charge in [-0.25, -0.2) is 9.37 Å². The summed E-state index contributed by atoms with van der Waals surface area (Å²) in [7, 11) is 0. The molecular weight excluding hydrogens is 271 g/mol. The Hall–Kier alpha value is -1.94. The zero-order chi connectivity index (χ0) is 14.1. The van der Waals surface area contributed by atoms with Crippen molar-refractivity contribution in [2.24, 2.45) is 0 Å². The first-order valence-corrected chi connectivity index (χ1v) is 7.33. The standard InChI is InChI=1S/C16H15FN2S/c1-10-7-8-12(9-13(10)17)18-11(2)16-19-14-5-3-4-6-15(14)20-16/h3-9,11,18H,1-2H3. The molecule has 3 aromatic rings. The van der Waals surface area contributed by atoms with Crippen molar-refractivity contribution < 1.29 is 4.39 Å². The maximum absolute atomic E-state index is 13.5. The molecule has 0 aliphatic rings. The van der Waals surface area contributed by atoms with Crippen molar-refractivity contribution in [3.8, 4) is 0 Å². The van der Waals surface area contributed by atoms with E-state index in [0.717, 1.165) is 16.2 Å². The Balaban J connectivity index is 1.84. The number of benzene rings is 2. The molecule has 0 radical (unpaired) electrons. The van der Waals surface area contributed by atoms with Crippen molar-refractivity contribution in [1.29, 1.82) is 0 Å². The average molecular weight is 286 g/mol. The minimum Gasteiger partial charge on any atom is -0.376 e. The fourth-order valence-corrected chi connectivity index (χ4v) is 3.04. The van der Waals surface area contributed by atoms with Crippen LogP contribution < -0.4 is 5.32 Å². The Labute approximate surface area is 121 Å². The van der Waals surface area contributed by atoms with Crippen LogP contribution in [0.3, 0.4) is 0 Å². The smallest absolute Gasteiger partial charge is 0.128 e. The molecule has 0 saturated carbocycles. The lowest BCUT2D eigenvalue weighted by Gasteiger charge is -2.13. The summed E-state index contributed by atoms with van der Waals surface area (Å²) in [5.41, 5.74) is 2.44. The molecule has 0 bridgehead atoms. The van der Waals surface area contributed by atoms with Crippen LogP contribution in [0.1, 0.15) is 23.5 Å². The summed E-state index contributed by atoms with van der Waals surface area (Å²) in [5.74, 6) is -0.188. The first-order valence-electron chi connectivity index (χ1n) is 6.51. The van der Waals surface area contributed by atoms with Crippen LogP contribution in [0.15, 0.2) is 42.5 Å². The summed E-state index contributed by atoms with van der Waals surface area (Å²) in [6, 6.07) is 13.3. The van der Waals surface area contributed by atoms with Gasteiger partial charge in [0.25, 0.3) is 0 Å². The normalized spacial score (nSPS) is 12.6. The van der Waals surface area contributed by atoms with E-state index in [-0.39, 0.29) is 11.9 Å². The van der Waals surface area contributed by atoms with Gasteiger partial charge in [0.05, 0.1) is 16.3 Å². The predicted molar refractivity (Wildman–Crippen MR) is 82.8 cm³/mol. The van der Waals surface area contributed by atoms with E-state index >= 15 is 0 Å². The number of para-hydroxylation sites is 1. The van der Waals surface area contributed by atoms with E-state index < -0.39 is 0 Å². The third-order valence-corrected chi connectivity index (χ3v) is 4.45. The average Bonchev–Trinajstić information content (AvgIpc) is 2.87. The molecule has 102 valence electrons.